The molecule has 0 aromatic heterocycles. The maximum atomic E-state index is 11.0. The molecule has 0 radical (unpaired) electrons. The molecular formula is C10H7IO4. The molecule has 0 unspecified atom stereocenters. The highest BCUT2D eigenvalue weighted by Crippen LogP contribution is 2.25. The van der Waals surface area contributed by atoms with Crippen LogP contribution < -0.4 is 0 Å². The molecule has 0 amide bonds. The SMILES string of the molecule is O=C1CC(=O)OC(c2cccc(I)c2)O1. The molecule has 0 atom stereocenters. The van der Waals surface area contributed by atoms with E-state index in [-0.39, 0.29) is 6.42 Å². The fraction of sp³-hybridized carbons (Fsp3) is 0.200. The highest BCUT2D eigenvalue weighted by molar-refractivity contribution is 14.1. The average Bonchev–Trinajstić information content (AvgIpc) is 2.16. The van der Waals surface area contributed by atoms with Crippen LogP contribution in [0.5, 0.6) is 0 Å². The Balaban J connectivity index is 2.23. The van der Waals surface area contributed by atoms with Crippen molar-refractivity contribution in [2.45, 2.75) is 12.7 Å². The van der Waals surface area contributed by atoms with Gasteiger partial charge in [0.15, 0.2) is 0 Å². The Morgan fingerprint density at radius 1 is 1.20 bits per heavy atom. The minimum Gasteiger partial charge on any atom is -0.420 e. The molecule has 2 rings (SSSR count). The van der Waals surface area contributed by atoms with Gasteiger partial charge in [0.25, 0.3) is 6.29 Å². The van der Waals surface area contributed by atoms with Crippen LogP contribution in [0.4, 0.5) is 0 Å². The quantitative estimate of drug-likeness (QED) is 0.450. The summed E-state index contributed by atoms with van der Waals surface area (Å²) in [6, 6.07) is 7.26. The number of benzene rings is 1. The van der Waals surface area contributed by atoms with Crippen LogP contribution in [0.15, 0.2) is 24.3 Å². The largest absolute Gasteiger partial charge is 0.420 e. The molecule has 1 aromatic carbocycles. The first-order chi connectivity index (χ1) is 7.15. The third kappa shape index (κ3) is 2.47. The summed E-state index contributed by atoms with van der Waals surface area (Å²) in [5, 5.41) is 0. The van der Waals surface area contributed by atoms with Gasteiger partial charge in [0, 0.05) is 9.13 Å². The van der Waals surface area contributed by atoms with E-state index < -0.39 is 18.2 Å². The lowest BCUT2D eigenvalue weighted by molar-refractivity contribution is -0.204. The minimum absolute atomic E-state index is 0.305. The fourth-order valence-corrected chi connectivity index (χ4v) is 1.82. The molecule has 1 fully saturated rings. The van der Waals surface area contributed by atoms with Gasteiger partial charge in [0.05, 0.1) is 0 Å². The summed E-state index contributed by atoms with van der Waals surface area (Å²) in [5.41, 5.74) is 0.670. The Morgan fingerprint density at radius 3 is 2.47 bits per heavy atom. The molecule has 0 spiro atoms. The van der Waals surface area contributed by atoms with Crippen molar-refractivity contribution in [3.05, 3.63) is 33.4 Å². The van der Waals surface area contributed by atoms with Gasteiger partial charge in [-0.2, -0.15) is 0 Å². The van der Waals surface area contributed by atoms with Gasteiger partial charge >= 0.3 is 11.9 Å². The number of carbonyl (C=O) groups excluding carboxylic acids is 2. The zero-order valence-electron chi connectivity index (χ0n) is 7.60. The Hall–Kier alpha value is -1.11. The zero-order chi connectivity index (χ0) is 10.8. The van der Waals surface area contributed by atoms with Crippen LogP contribution in [0.2, 0.25) is 0 Å². The first kappa shape index (κ1) is 10.4. The molecule has 1 saturated heterocycles. The van der Waals surface area contributed by atoms with Crippen LogP contribution in [0, 0.1) is 3.57 Å². The van der Waals surface area contributed by atoms with E-state index >= 15 is 0 Å². The monoisotopic (exact) mass is 318 g/mol. The van der Waals surface area contributed by atoms with Gasteiger partial charge in [0.1, 0.15) is 6.42 Å². The number of ether oxygens (including phenoxy) is 2. The minimum atomic E-state index is -0.895. The lowest BCUT2D eigenvalue weighted by Crippen LogP contribution is -2.26. The first-order valence-electron chi connectivity index (χ1n) is 4.29. The number of hydrogen-bond acceptors (Lipinski definition) is 4. The fourth-order valence-electron chi connectivity index (χ4n) is 1.25. The van der Waals surface area contributed by atoms with Crippen molar-refractivity contribution in [2.75, 3.05) is 0 Å². The second-order valence-electron chi connectivity index (χ2n) is 3.04. The van der Waals surface area contributed by atoms with Crippen LogP contribution in [0.1, 0.15) is 18.3 Å². The summed E-state index contributed by atoms with van der Waals surface area (Å²) in [4.78, 5) is 22.0. The number of halogens is 1. The molecule has 1 heterocycles. The normalized spacial score (nSPS) is 17.1. The van der Waals surface area contributed by atoms with E-state index in [1.807, 2.05) is 12.1 Å². The molecule has 0 aliphatic carbocycles. The smallest absolute Gasteiger partial charge is 0.320 e. The molecular weight excluding hydrogens is 311 g/mol. The number of rotatable bonds is 1. The lowest BCUT2D eigenvalue weighted by atomic mass is 10.2. The highest BCUT2D eigenvalue weighted by atomic mass is 127. The average molecular weight is 318 g/mol. The lowest BCUT2D eigenvalue weighted by Gasteiger charge is -2.22. The van der Waals surface area contributed by atoms with E-state index in [9.17, 15) is 9.59 Å². The Bertz CT molecular complexity index is 400. The molecule has 0 N–H and O–H groups in total. The maximum absolute atomic E-state index is 11.0. The zero-order valence-corrected chi connectivity index (χ0v) is 9.76. The van der Waals surface area contributed by atoms with Crippen LogP contribution in [0.25, 0.3) is 0 Å². The third-order valence-electron chi connectivity index (χ3n) is 1.89. The van der Waals surface area contributed by atoms with Crippen molar-refractivity contribution in [3.63, 3.8) is 0 Å². The number of esters is 2. The van der Waals surface area contributed by atoms with Crippen molar-refractivity contribution in [1.29, 1.82) is 0 Å². The molecule has 78 valence electrons. The van der Waals surface area contributed by atoms with Crippen LogP contribution in [-0.2, 0) is 19.1 Å². The van der Waals surface area contributed by atoms with Crippen molar-refractivity contribution >= 4 is 34.5 Å². The van der Waals surface area contributed by atoms with E-state index in [1.54, 1.807) is 12.1 Å². The van der Waals surface area contributed by atoms with E-state index in [0.29, 0.717) is 5.56 Å². The van der Waals surface area contributed by atoms with Crippen molar-refractivity contribution in [2.24, 2.45) is 0 Å². The van der Waals surface area contributed by atoms with E-state index in [0.717, 1.165) is 3.57 Å². The topological polar surface area (TPSA) is 52.6 Å². The summed E-state index contributed by atoms with van der Waals surface area (Å²) < 4.78 is 10.8. The van der Waals surface area contributed by atoms with Crippen molar-refractivity contribution in [3.8, 4) is 0 Å². The second-order valence-corrected chi connectivity index (χ2v) is 4.29. The van der Waals surface area contributed by atoms with Gasteiger partial charge in [0.2, 0.25) is 0 Å². The molecule has 0 bridgehead atoms. The second kappa shape index (κ2) is 4.18. The first-order valence-corrected chi connectivity index (χ1v) is 5.37. The van der Waals surface area contributed by atoms with Crippen LogP contribution >= 0.6 is 22.6 Å². The summed E-state index contributed by atoms with van der Waals surface area (Å²) in [6.07, 6.45) is -1.20. The van der Waals surface area contributed by atoms with Gasteiger partial charge in [-0.25, -0.2) is 0 Å². The molecule has 0 saturated carbocycles. The van der Waals surface area contributed by atoms with Gasteiger partial charge in [-0.05, 0) is 34.7 Å². The van der Waals surface area contributed by atoms with Crippen molar-refractivity contribution < 1.29 is 19.1 Å². The van der Waals surface area contributed by atoms with Crippen LogP contribution in [-0.4, -0.2) is 11.9 Å². The van der Waals surface area contributed by atoms with Gasteiger partial charge in [-0.1, -0.05) is 12.1 Å². The van der Waals surface area contributed by atoms with Crippen LogP contribution in [0.3, 0.4) is 0 Å². The number of carbonyl (C=O) groups is 2. The van der Waals surface area contributed by atoms with E-state index in [2.05, 4.69) is 22.6 Å². The predicted octanol–water partition coefficient (Wildman–Crippen LogP) is 1.78. The summed E-state index contributed by atoms with van der Waals surface area (Å²) in [5.74, 6) is -1.09. The maximum Gasteiger partial charge on any atom is 0.320 e. The summed E-state index contributed by atoms with van der Waals surface area (Å²) in [6.45, 7) is 0. The Morgan fingerprint density at radius 2 is 1.87 bits per heavy atom. The standard InChI is InChI=1S/C10H7IO4/c11-7-3-1-2-6(4-7)10-14-8(12)5-9(13)15-10/h1-4,10H,5H2. The van der Waals surface area contributed by atoms with Gasteiger partial charge < -0.3 is 9.47 Å². The molecule has 1 aromatic rings. The molecule has 4 nitrogen and oxygen atoms in total. The molecule has 1 aliphatic heterocycles. The highest BCUT2D eigenvalue weighted by Gasteiger charge is 2.28. The van der Waals surface area contributed by atoms with E-state index in [4.69, 9.17) is 9.47 Å². The Labute approximate surface area is 99.7 Å². The molecule has 15 heavy (non-hydrogen) atoms. The van der Waals surface area contributed by atoms with Gasteiger partial charge in [-0.15, -0.1) is 0 Å². The summed E-state index contributed by atoms with van der Waals surface area (Å²) >= 11 is 2.13. The van der Waals surface area contributed by atoms with Gasteiger partial charge in [-0.3, -0.25) is 9.59 Å². The Kier molecular flexibility index (Phi) is 2.90. The molecule has 5 heteroatoms. The number of hydrogen-bond donors (Lipinski definition) is 0. The third-order valence-corrected chi connectivity index (χ3v) is 2.56. The summed E-state index contributed by atoms with van der Waals surface area (Å²) in [7, 11) is 0. The van der Waals surface area contributed by atoms with Crippen molar-refractivity contribution in [1.82, 2.24) is 0 Å². The number of cyclic esters (lactones) is 2. The molecule has 1 aliphatic rings. The predicted molar refractivity (Wildman–Crippen MR) is 58.7 cm³/mol. The van der Waals surface area contributed by atoms with E-state index in [1.165, 1.54) is 0 Å².